The number of amides is 1. The number of hydrazone groups is 1. The second-order valence-electron chi connectivity index (χ2n) is 5.51. The summed E-state index contributed by atoms with van der Waals surface area (Å²) in [5.74, 6) is 0.374. The number of nitrogens with zero attached hydrogens (tertiary/aromatic N) is 2. The third kappa shape index (κ3) is 3.92. The van der Waals surface area contributed by atoms with Crippen LogP contribution in [0.2, 0.25) is 5.02 Å². The Morgan fingerprint density at radius 2 is 1.92 bits per heavy atom. The largest absolute Gasteiger partial charge is 0.497 e. The molecule has 0 fully saturated rings. The Bertz CT molecular complexity index is 948. The number of hydrogen-bond acceptors (Lipinski definition) is 4. The number of rotatable bonds is 5. The highest BCUT2D eigenvalue weighted by atomic mass is 35.5. The molecule has 6 nitrogen and oxygen atoms in total. The van der Waals surface area contributed by atoms with E-state index in [-0.39, 0.29) is 5.91 Å². The summed E-state index contributed by atoms with van der Waals surface area (Å²) < 4.78 is 5.12. The molecule has 2 N–H and O–H groups in total. The maximum atomic E-state index is 12.3. The number of aromatic amines is 1. The maximum absolute atomic E-state index is 12.3. The van der Waals surface area contributed by atoms with Crippen molar-refractivity contribution >= 4 is 23.2 Å². The first kappa shape index (κ1) is 17.7. The number of H-pyrrole nitrogens is 1. The van der Waals surface area contributed by atoms with Crippen LogP contribution in [0.3, 0.4) is 0 Å². The Hall–Kier alpha value is -3.12. The number of nitrogens with one attached hydrogen (secondary N) is 2. The van der Waals surface area contributed by atoms with Crippen molar-refractivity contribution in [1.29, 1.82) is 0 Å². The molecule has 0 spiro atoms. The molecule has 3 rings (SSSR count). The van der Waals surface area contributed by atoms with Crippen molar-refractivity contribution in [3.63, 3.8) is 0 Å². The van der Waals surface area contributed by atoms with E-state index in [0.29, 0.717) is 22.1 Å². The van der Waals surface area contributed by atoms with Gasteiger partial charge in [0.15, 0.2) is 0 Å². The van der Waals surface area contributed by atoms with Crippen LogP contribution in [-0.2, 0) is 0 Å². The summed E-state index contributed by atoms with van der Waals surface area (Å²) >= 11 is 6.15. The van der Waals surface area contributed by atoms with Gasteiger partial charge in [0.1, 0.15) is 11.4 Å². The fraction of sp³-hybridized carbons (Fsp3) is 0.105. The summed E-state index contributed by atoms with van der Waals surface area (Å²) in [6.07, 6.45) is 0. The van der Waals surface area contributed by atoms with Crippen LogP contribution < -0.4 is 10.2 Å². The van der Waals surface area contributed by atoms with Gasteiger partial charge in [-0.1, -0.05) is 29.8 Å². The molecular formula is C19H17ClN4O2. The van der Waals surface area contributed by atoms with Crippen LogP contribution in [0.25, 0.3) is 11.3 Å². The van der Waals surface area contributed by atoms with E-state index in [2.05, 4.69) is 20.7 Å². The average Bonchev–Trinajstić information content (AvgIpc) is 3.16. The minimum absolute atomic E-state index is 0.297. The molecule has 0 bridgehead atoms. The Morgan fingerprint density at radius 3 is 2.62 bits per heavy atom. The van der Waals surface area contributed by atoms with Crippen molar-refractivity contribution in [3.05, 3.63) is 70.9 Å². The van der Waals surface area contributed by atoms with Crippen LogP contribution in [0.5, 0.6) is 5.75 Å². The third-order valence-electron chi connectivity index (χ3n) is 3.81. The van der Waals surface area contributed by atoms with Crippen LogP contribution >= 0.6 is 11.6 Å². The summed E-state index contributed by atoms with van der Waals surface area (Å²) in [5.41, 5.74) is 5.72. The standard InChI is InChI=1S/C19H17ClN4O2/c1-12(13-7-9-14(26-2)10-8-13)21-24-19(25)18-11-17(22-23-18)15-5-3-4-6-16(15)20/h3-11H,1-2H3,(H,22,23)(H,24,25)/b21-12+. The van der Waals surface area contributed by atoms with Crippen molar-refractivity contribution in [1.82, 2.24) is 15.6 Å². The number of benzene rings is 2. The van der Waals surface area contributed by atoms with E-state index in [0.717, 1.165) is 16.9 Å². The van der Waals surface area contributed by atoms with Crippen LogP contribution in [0, 0.1) is 0 Å². The second kappa shape index (κ2) is 7.84. The lowest BCUT2D eigenvalue weighted by molar-refractivity contribution is 0.0950. The smallest absolute Gasteiger partial charge is 0.289 e. The fourth-order valence-electron chi connectivity index (χ4n) is 2.34. The Kier molecular flexibility index (Phi) is 5.34. The van der Waals surface area contributed by atoms with Crippen molar-refractivity contribution in [2.24, 2.45) is 5.10 Å². The van der Waals surface area contributed by atoms with Gasteiger partial charge in [0.05, 0.1) is 23.5 Å². The lowest BCUT2D eigenvalue weighted by Gasteiger charge is -2.03. The second-order valence-corrected chi connectivity index (χ2v) is 5.92. The number of carbonyl (C=O) groups is 1. The van der Waals surface area contributed by atoms with E-state index in [1.807, 2.05) is 49.4 Å². The molecule has 0 unspecified atom stereocenters. The quantitative estimate of drug-likeness (QED) is 0.529. The number of halogens is 1. The molecule has 2 aromatic carbocycles. The normalized spacial score (nSPS) is 11.3. The Morgan fingerprint density at radius 1 is 1.19 bits per heavy atom. The van der Waals surface area contributed by atoms with E-state index in [1.54, 1.807) is 19.2 Å². The molecule has 1 amide bonds. The number of methoxy groups -OCH3 is 1. The van der Waals surface area contributed by atoms with Crippen LogP contribution in [0.4, 0.5) is 0 Å². The van der Waals surface area contributed by atoms with Gasteiger partial charge < -0.3 is 4.74 Å². The van der Waals surface area contributed by atoms with Gasteiger partial charge in [-0.3, -0.25) is 9.89 Å². The van der Waals surface area contributed by atoms with Gasteiger partial charge in [0.2, 0.25) is 0 Å². The zero-order valence-corrected chi connectivity index (χ0v) is 15.0. The van der Waals surface area contributed by atoms with Crippen molar-refractivity contribution in [3.8, 4) is 17.0 Å². The molecule has 1 aromatic heterocycles. The zero-order chi connectivity index (χ0) is 18.5. The fourth-order valence-corrected chi connectivity index (χ4v) is 2.57. The van der Waals surface area contributed by atoms with E-state index >= 15 is 0 Å². The first-order valence-corrected chi connectivity index (χ1v) is 8.25. The van der Waals surface area contributed by atoms with E-state index in [4.69, 9.17) is 16.3 Å². The highest BCUT2D eigenvalue weighted by Gasteiger charge is 2.12. The van der Waals surface area contributed by atoms with E-state index < -0.39 is 0 Å². The van der Waals surface area contributed by atoms with Gasteiger partial charge in [-0.05, 0) is 48.9 Å². The van der Waals surface area contributed by atoms with Crippen molar-refractivity contribution < 1.29 is 9.53 Å². The molecular weight excluding hydrogens is 352 g/mol. The summed E-state index contributed by atoms with van der Waals surface area (Å²) in [6, 6.07) is 16.3. The molecule has 0 aliphatic carbocycles. The van der Waals surface area contributed by atoms with Crippen LogP contribution in [-0.4, -0.2) is 28.9 Å². The van der Waals surface area contributed by atoms with Crippen LogP contribution in [0.1, 0.15) is 23.0 Å². The highest BCUT2D eigenvalue weighted by molar-refractivity contribution is 6.33. The van der Waals surface area contributed by atoms with Crippen molar-refractivity contribution in [2.75, 3.05) is 7.11 Å². The summed E-state index contributed by atoms with van der Waals surface area (Å²) in [6.45, 7) is 1.81. The molecule has 0 aliphatic rings. The number of aromatic nitrogens is 2. The van der Waals surface area contributed by atoms with Gasteiger partial charge in [-0.2, -0.15) is 10.2 Å². The topological polar surface area (TPSA) is 79.4 Å². The molecule has 0 saturated carbocycles. The molecule has 0 radical (unpaired) electrons. The van der Waals surface area contributed by atoms with Gasteiger partial charge in [-0.25, -0.2) is 5.43 Å². The molecule has 1 heterocycles. The van der Waals surface area contributed by atoms with Gasteiger partial charge in [0.25, 0.3) is 5.91 Å². The number of ether oxygens (including phenoxy) is 1. The van der Waals surface area contributed by atoms with Gasteiger partial charge in [-0.15, -0.1) is 0 Å². The summed E-state index contributed by atoms with van der Waals surface area (Å²) in [4.78, 5) is 12.3. The lowest BCUT2D eigenvalue weighted by atomic mass is 10.1. The SMILES string of the molecule is COc1ccc(/C(C)=N/NC(=O)c2cc(-c3ccccc3Cl)n[nH]2)cc1. The highest BCUT2D eigenvalue weighted by Crippen LogP contribution is 2.26. The molecule has 26 heavy (non-hydrogen) atoms. The molecule has 0 aliphatic heterocycles. The minimum Gasteiger partial charge on any atom is -0.497 e. The lowest BCUT2D eigenvalue weighted by Crippen LogP contribution is -2.19. The Balaban J connectivity index is 1.71. The predicted molar refractivity (Wildman–Crippen MR) is 102 cm³/mol. The molecule has 7 heteroatoms. The maximum Gasteiger partial charge on any atom is 0.289 e. The third-order valence-corrected chi connectivity index (χ3v) is 4.13. The first-order valence-electron chi connectivity index (χ1n) is 7.88. The molecule has 3 aromatic rings. The van der Waals surface area contributed by atoms with E-state index in [9.17, 15) is 4.79 Å². The summed E-state index contributed by atoms with van der Waals surface area (Å²) in [5, 5.41) is 11.5. The molecule has 0 saturated heterocycles. The average molecular weight is 369 g/mol. The minimum atomic E-state index is -0.385. The summed E-state index contributed by atoms with van der Waals surface area (Å²) in [7, 11) is 1.61. The van der Waals surface area contributed by atoms with Gasteiger partial charge >= 0.3 is 0 Å². The number of hydrogen-bond donors (Lipinski definition) is 2. The Labute approximate surface area is 155 Å². The first-order chi connectivity index (χ1) is 12.6. The zero-order valence-electron chi connectivity index (χ0n) is 14.3. The molecule has 0 atom stereocenters. The predicted octanol–water partition coefficient (Wildman–Crippen LogP) is 3.89. The van der Waals surface area contributed by atoms with Crippen molar-refractivity contribution in [2.45, 2.75) is 6.92 Å². The van der Waals surface area contributed by atoms with Gasteiger partial charge in [0, 0.05) is 5.56 Å². The van der Waals surface area contributed by atoms with E-state index in [1.165, 1.54) is 0 Å². The number of carbonyl (C=O) groups excluding carboxylic acids is 1. The van der Waals surface area contributed by atoms with Crippen LogP contribution in [0.15, 0.2) is 59.7 Å². The monoisotopic (exact) mass is 368 g/mol. The molecule has 132 valence electrons.